The molecule has 0 aliphatic carbocycles. The van der Waals surface area contributed by atoms with Crippen molar-refractivity contribution in [2.24, 2.45) is 0 Å². The number of nitrogens with zero attached hydrogens (tertiary/aromatic N) is 3. The molecule has 1 aromatic heterocycles. The van der Waals surface area contributed by atoms with Gasteiger partial charge in [-0.3, -0.25) is 0 Å². The van der Waals surface area contributed by atoms with Gasteiger partial charge in [0.05, 0.1) is 13.2 Å². The van der Waals surface area contributed by atoms with E-state index in [-0.39, 0.29) is 0 Å². The number of anilines is 3. The van der Waals surface area contributed by atoms with E-state index < -0.39 is 0 Å². The Morgan fingerprint density at radius 1 is 1.10 bits per heavy atom. The van der Waals surface area contributed by atoms with Gasteiger partial charge in [0.15, 0.2) is 0 Å². The number of hydrogen-bond acceptors (Lipinski definition) is 5. The molecule has 20 heavy (non-hydrogen) atoms. The van der Waals surface area contributed by atoms with Crippen molar-refractivity contribution >= 4 is 29.1 Å². The van der Waals surface area contributed by atoms with Gasteiger partial charge >= 0.3 is 0 Å². The van der Waals surface area contributed by atoms with Crippen molar-refractivity contribution in [3.05, 3.63) is 41.6 Å². The molecule has 0 bridgehead atoms. The van der Waals surface area contributed by atoms with Crippen LogP contribution in [0.15, 0.2) is 36.4 Å². The van der Waals surface area contributed by atoms with Crippen molar-refractivity contribution < 1.29 is 4.74 Å². The Labute approximate surface area is 122 Å². The average Bonchev–Trinajstić information content (AvgIpc) is 2.49. The molecule has 5 nitrogen and oxygen atoms in total. The van der Waals surface area contributed by atoms with Crippen LogP contribution in [0.1, 0.15) is 0 Å². The minimum Gasteiger partial charge on any atom is -0.378 e. The number of benzene rings is 1. The first-order chi connectivity index (χ1) is 9.81. The molecule has 3 rings (SSSR count). The standard InChI is InChI=1S/C14H15ClN4O/c15-12-10-13(19-6-8-20-9-7-19)18-14(17-12)16-11-4-2-1-3-5-11/h1-5,10H,6-9H2,(H,16,17,18). The quantitative estimate of drug-likeness (QED) is 0.881. The van der Waals surface area contributed by atoms with Crippen molar-refractivity contribution in [3.8, 4) is 0 Å². The van der Waals surface area contributed by atoms with Crippen LogP contribution in [-0.4, -0.2) is 36.3 Å². The summed E-state index contributed by atoms with van der Waals surface area (Å²) in [5.74, 6) is 1.33. The number of morpholine rings is 1. The van der Waals surface area contributed by atoms with Crippen LogP contribution >= 0.6 is 11.6 Å². The Morgan fingerprint density at radius 3 is 2.60 bits per heavy atom. The fourth-order valence-corrected chi connectivity index (χ4v) is 2.24. The van der Waals surface area contributed by atoms with Gasteiger partial charge in [-0.25, -0.2) is 4.98 Å². The Hall–Kier alpha value is -1.85. The van der Waals surface area contributed by atoms with Crippen molar-refractivity contribution in [2.75, 3.05) is 36.5 Å². The molecule has 1 aromatic carbocycles. The van der Waals surface area contributed by atoms with Gasteiger partial charge in [0.25, 0.3) is 0 Å². The van der Waals surface area contributed by atoms with Gasteiger partial charge in [-0.2, -0.15) is 4.98 Å². The van der Waals surface area contributed by atoms with Gasteiger partial charge in [-0.05, 0) is 12.1 Å². The van der Waals surface area contributed by atoms with Crippen LogP contribution in [0.3, 0.4) is 0 Å². The lowest BCUT2D eigenvalue weighted by atomic mass is 10.3. The van der Waals surface area contributed by atoms with Crippen molar-refractivity contribution in [3.63, 3.8) is 0 Å². The molecule has 1 aliphatic rings. The lowest BCUT2D eigenvalue weighted by Crippen LogP contribution is -2.36. The molecule has 0 radical (unpaired) electrons. The fourth-order valence-electron chi connectivity index (χ4n) is 2.07. The van der Waals surface area contributed by atoms with Crippen molar-refractivity contribution in [1.29, 1.82) is 0 Å². The predicted molar refractivity (Wildman–Crippen MR) is 79.8 cm³/mol. The Kier molecular flexibility index (Phi) is 3.99. The van der Waals surface area contributed by atoms with E-state index >= 15 is 0 Å². The molecule has 1 fully saturated rings. The van der Waals surface area contributed by atoms with E-state index in [1.165, 1.54) is 0 Å². The second kappa shape index (κ2) is 6.07. The van der Waals surface area contributed by atoms with Gasteiger partial charge in [-0.15, -0.1) is 0 Å². The van der Waals surface area contributed by atoms with Crippen LogP contribution in [0.25, 0.3) is 0 Å². The summed E-state index contributed by atoms with van der Waals surface area (Å²) in [7, 11) is 0. The first kappa shape index (κ1) is 13.1. The van der Waals surface area contributed by atoms with Crippen molar-refractivity contribution in [1.82, 2.24) is 9.97 Å². The molecule has 1 saturated heterocycles. The molecule has 6 heteroatoms. The lowest BCUT2D eigenvalue weighted by molar-refractivity contribution is 0.122. The molecular formula is C14H15ClN4O. The molecule has 0 atom stereocenters. The summed E-state index contributed by atoms with van der Waals surface area (Å²) >= 11 is 6.09. The first-order valence-corrected chi connectivity index (χ1v) is 6.88. The molecule has 1 aliphatic heterocycles. The first-order valence-electron chi connectivity index (χ1n) is 6.50. The number of aromatic nitrogens is 2. The van der Waals surface area contributed by atoms with Gasteiger partial charge in [0.2, 0.25) is 5.95 Å². The van der Waals surface area contributed by atoms with Crippen LogP contribution in [0.4, 0.5) is 17.5 Å². The maximum absolute atomic E-state index is 6.09. The van der Waals surface area contributed by atoms with E-state index in [0.717, 1.165) is 24.6 Å². The molecule has 104 valence electrons. The number of hydrogen-bond donors (Lipinski definition) is 1. The predicted octanol–water partition coefficient (Wildman–Crippen LogP) is 2.71. The molecular weight excluding hydrogens is 276 g/mol. The largest absolute Gasteiger partial charge is 0.378 e. The van der Waals surface area contributed by atoms with Crippen molar-refractivity contribution in [2.45, 2.75) is 0 Å². The Bertz CT molecular complexity index is 573. The molecule has 0 spiro atoms. The highest BCUT2D eigenvalue weighted by Gasteiger charge is 2.14. The van der Waals surface area contributed by atoms with E-state index in [2.05, 4.69) is 20.2 Å². The van der Waals surface area contributed by atoms with E-state index in [1.54, 1.807) is 6.07 Å². The summed E-state index contributed by atoms with van der Waals surface area (Å²) < 4.78 is 5.34. The zero-order chi connectivity index (χ0) is 13.8. The minimum absolute atomic E-state index is 0.430. The summed E-state index contributed by atoms with van der Waals surface area (Å²) in [6.07, 6.45) is 0. The third-order valence-electron chi connectivity index (χ3n) is 3.05. The summed E-state index contributed by atoms with van der Waals surface area (Å²) in [5, 5.41) is 3.59. The number of para-hydroxylation sites is 1. The monoisotopic (exact) mass is 290 g/mol. The van der Waals surface area contributed by atoms with Crippen LogP contribution in [-0.2, 0) is 4.74 Å². The smallest absolute Gasteiger partial charge is 0.230 e. The summed E-state index contributed by atoms with van der Waals surface area (Å²) in [4.78, 5) is 10.9. The van der Waals surface area contributed by atoms with Crippen LogP contribution in [0, 0.1) is 0 Å². The summed E-state index contributed by atoms with van der Waals surface area (Å²) in [6.45, 7) is 3.06. The van der Waals surface area contributed by atoms with Gasteiger partial charge in [0.1, 0.15) is 11.0 Å². The lowest BCUT2D eigenvalue weighted by Gasteiger charge is -2.28. The van der Waals surface area contributed by atoms with E-state index in [1.807, 2.05) is 30.3 Å². The van der Waals surface area contributed by atoms with E-state index in [4.69, 9.17) is 16.3 Å². The minimum atomic E-state index is 0.430. The summed E-state index contributed by atoms with van der Waals surface area (Å²) in [6, 6.07) is 11.6. The van der Waals surface area contributed by atoms with Crippen LogP contribution in [0.2, 0.25) is 5.15 Å². The second-order valence-electron chi connectivity index (χ2n) is 4.46. The van der Waals surface area contributed by atoms with Gasteiger partial charge < -0.3 is 15.0 Å². The van der Waals surface area contributed by atoms with Gasteiger partial charge in [0, 0.05) is 24.8 Å². The van der Waals surface area contributed by atoms with Gasteiger partial charge in [-0.1, -0.05) is 29.8 Å². The Balaban J connectivity index is 1.82. The maximum Gasteiger partial charge on any atom is 0.230 e. The highest BCUT2D eigenvalue weighted by molar-refractivity contribution is 6.29. The molecule has 2 aromatic rings. The number of nitrogens with one attached hydrogen (secondary N) is 1. The summed E-state index contributed by atoms with van der Waals surface area (Å²) in [5.41, 5.74) is 0.933. The molecule has 1 N–H and O–H groups in total. The van der Waals surface area contributed by atoms with Crippen LogP contribution in [0.5, 0.6) is 0 Å². The number of ether oxygens (including phenoxy) is 1. The SMILES string of the molecule is Clc1cc(N2CCOCC2)nc(Nc2ccccc2)n1. The molecule has 0 amide bonds. The maximum atomic E-state index is 6.09. The molecule has 0 saturated carbocycles. The zero-order valence-electron chi connectivity index (χ0n) is 10.9. The topological polar surface area (TPSA) is 50.3 Å². The normalized spacial score (nSPS) is 15.2. The van der Waals surface area contributed by atoms with Crippen LogP contribution < -0.4 is 10.2 Å². The highest BCUT2D eigenvalue weighted by atomic mass is 35.5. The zero-order valence-corrected chi connectivity index (χ0v) is 11.7. The Morgan fingerprint density at radius 2 is 1.85 bits per heavy atom. The van der Waals surface area contributed by atoms with E-state index in [0.29, 0.717) is 24.3 Å². The fraction of sp³-hybridized carbons (Fsp3) is 0.286. The molecule has 0 unspecified atom stereocenters. The number of halogens is 1. The average molecular weight is 291 g/mol. The third kappa shape index (κ3) is 3.18. The second-order valence-corrected chi connectivity index (χ2v) is 4.85. The highest BCUT2D eigenvalue weighted by Crippen LogP contribution is 2.21. The molecule has 2 heterocycles. The third-order valence-corrected chi connectivity index (χ3v) is 3.24. The number of rotatable bonds is 3. The van der Waals surface area contributed by atoms with E-state index in [9.17, 15) is 0 Å².